The summed E-state index contributed by atoms with van der Waals surface area (Å²) in [5.41, 5.74) is 6.46. The number of hydrogen-bond acceptors (Lipinski definition) is 2. The van der Waals surface area contributed by atoms with E-state index in [4.69, 9.17) is 4.74 Å². The van der Waals surface area contributed by atoms with Crippen molar-refractivity contribution in [3.05, 3.63) is 64.2 Å². The summed E-state index contributed by atoms with van der Waals surface area (Å²) in [4.78, 5) is 0. The predicted molar refractivity (Wildman–Crippen MR) is 88.9 cm³/mol. The van der Waals surface area contributed by atoms with Gasteiger partial charge in [0.2, 0.25) is 0 Å². The maximum Gasteiger partial charge on any atom is 0.123 e. The quantitative estimate of drug-likeness (QED) is 0.874. The third kappa shape index (κ3) is 3.85. The average Bonchev–Trinajstić information content (AvgIpc) is 2.47. The minimum Gasteiger partial charge on any atom is -0.496 e. The van der Waals surface area contributed by atoms with Crippen molar-refractivity contribution in [2.24, 2.45) is 0 Å². The summed E-state index contributed by atoms with van der Waals surface area (Å²) in [5.74, 6) is 0.946. The van der Waals surface area contributed by atoms with Gasteiger partial charge in [-0.15, -0.1) is 0 Å². The Morgan fingerprint density at radius 2 is 1.67 bits per heavy atom. The standard InChI is InChI=1S/C19H25NO/c1-13-6-8-15(3)17(10-13)12-20-16(4)18-11-14(2)7-9-19(18)21-5/h6-11,16,20H,12H2,1-5H3. The molecule has 1 atom stereocenters. The molecular formula is C19H25NO. The van der Waals surface area contributed by atoms with Crippen molar-refractivity contribution in [2.75, 3.05) is 7.11 Å². The summed E-state index contributed by atoms with van der Waals surface area (Å²) in [7, 11) is 1.73. The zero-order valence-electron chi connectivity index (χ0n) is 13.7. The monoisotopic (exact) mass is 283 g/mol. The Bertz CT molecular complexity index is 619. The summed E-state index contributed by atoms with van der Waals surface area (Å²) in [6.45, 7) is 9.46. The lowest BCUT2D eigenvalue weighted by molar-refractivity contribution is 0.401. The van der Waals surface area contributed by atoms with E-state index in [0.29, 0.717) is 0 Å². The van der Waals surface area contributed by atoms with Gasteiger partial charge >= 0.3 is 0 Å². The summed E-state index contributed by atoms with van der Waals surface area (Å²) >= 11 is 0. The Labute approximate surface area is 128 Å². The van der Waals surface area contributed by atoms with E-state index in [2.05, 4.69) is 63.3 Å². The molecule has 0 aliphatic carbocycles. The third-order valence-corrected chi connectivity index (χ3v) is 3.96. The van der Waals surface area contributed by atoms with Crippen molar-refractivity contribution in [2.45, 2.75) is 40.3 Å². The molecule has 0 radical (unpaired) electrons. The molecule has 0 spiro atoms. The van der Waals surface area contributed by atoms with Crippen LogP contribution in [-0.2, 0) is 6.54 Å². The summed E-state index contributed by atoms with van der Waals surface area (Å²) in [6, 6.07) is 13.2. The molecule has 112 valence electrons. The van der Waals surface area contributed by atoms with Crippen LogP contribution in [0.3, 0.4) is 0 Å². The van der Waals surface area contributed by atoms with Gasteiger partial charge in [0.1, 0.15) is 5.75 Å². The first kappa shape index (κ1) is 15.6. The zero-order valence-corrected chi connectivity index (χ0v) is 13.7. The number of hydrogen-bond donors (Lipinski definition) is 1. The molecule has 1 unspecified atom stereocenters. The second-order valence-corrected chi connectivity index (χ2v) is 5.78. The van der Waals surface area contributed by atoms with E-state index in [9.17, 15) is 0 Å². The molecule has 0 aromatic heterocycles. The number of ether oxygens (including phenoxy) is 1. The van der Waals surface area contributed by atoms with Crippen LogP contribution in [0.4, 0.5) is 0 Å². The van der Waals surface area contributed by atoms with Gasteiger partial charge < -0.3 is 10.1 Å². The molecule has 0 fully saturated rings. The number of aryl methyl sites for hydroxylation is 3. The lowest BCUT2D eigenvalue weighted by atomic mass is 10.0. The lowest BCUT2D eigenvalue weighted by Crippen LogP contribution is -2.19. The first-order valence-electron chi connectivity index (χ1n) is 7.45. The summed E-state index contributed by atoms with van der Waals surface area (Å²) in [5, 5.41) is 3.61. The van der Waals surface area contributed by atoms with Crippen LogP contribution in [0.15, 0.2) is 36.4 Å². The van der Waals surface area contributed by atoms with Gasteiger partial charge in [-0.25, -0.2) is 0 Å². The van der Waals surface area contributed by atoms with Crippen molar-refractivity contribution in [3.63, 3.8) is 0 Å². The largest absolute Gasteiger partial charge is 0.496 e. The Hall–Kier alpha value is -1.80. The van der Waals surface area contributed by atoms with E-state index in [1.54, 1.807) is 7.11 Å². The van der Waals surface area contributed by atoms with Crippen molar-refractivity contribution in [3.8, 4) is 5.75 Å². The fraction of sp³-hybridized carbons (Fsp3) is 0.368. The van der Waals surface area contributed by atoms with Crippen molar-refractivity contribution in [1.82, 2.24) is 5.32 Å². The minimum atomic E-state index is 0.250. The highest BCUT2D eigenvalue weighted by molar-refractivity contribution is 5.39. The molecule has 2 aromatic rings. The molecule has 0 bridgehead atoms. The second-order valence-electron chi connectivity index (χ2n) is 5.78. The topological polar surface area (TPSA) is 21.3 Å². The van der Waals surface area contributed by atoms with Crippen molar-refractivity contribution >= 4 is 0 Å². The smallest absolute Gasteiger partial charge is 0.123 e. The van der Waals surface area contributed by atoms with Crippen LogP contribution < -0.4 is 10.1 Å². The lowest BCUT2D eigenvalue weighted by Gasteiger charge is -2.19. The fourth-order valence-corrected chi connectivity index (χ4v) is 2.56. The highest BCUT2D eigenvalue weighted by Crippen LogP contribution is 2.26. The third-order valence-electron chi connectivity index (χ3n) is 3.96. The van der Waals surface area contributed by atoms with E-state index in [1.165, 1.54) is 27.8 Å². The van der Waals surface area contributed by atoms with Gasteiger partial charge in [0.25, 0.3) is 0 Å². The van der Waals surface area contributed by atoms with Crippen molar-refractivity contribution < 1.29 is 4.74 Å². The first-order valence-corrected chi connectivity index (χ1v) is 7.45. The summed E-state index contributed by atoms with van der Waals surface area (Å²) < 4.78 is 5.48. The van der Waals surface area contributed by atoms with E-state index in [-0.39, 0.29) is 6.04 Å². The predicted octanol–water partition coefficient (Wildman–Crippen LogP) is 4.47. The molecule has 2 heteroatoms. The number of methoxy groups -OCH3 is 1. The number of rotatable bonds is 5. The van der Waals surface area contributed by atoms with Crippen LogP contribution in [0.25, 0.3) is 0 Å². The maximum atomic E-state index is 5.48. The van der Waals surface area contributed by atoms with Crippen LogP contribution in [0.2, 0.25) is 0 Å². The van der Waals surface area contributed by atoms with Crippen molar-refractivity contribution in [1.29, 1.82) is 0 Å². The Balaban J connectivity index is 2.13. The van der Waals surface area contributed by atoms with E-state index in [1.807, 2.05) is 6.07 Å². The molecule has 0 amide bonds. The fourth-order valence-electron chi connectivity index (χ4n) is 2.56. The molecule has 0 aliphatic rings. The molecule has 2 nitrogen and oxygen atoms in total. The average molecular weight is 283 g/mol. The van der Waals surface area contributed by atoms with E-state index < -0.39 is 0 Å². The van der Waals surface area contributed by atoms with Crippen LogP contribution in [0, 0.1) is 20.8 Å². The molecule has 0 heterocycles. The van der Waals surface area contributed by atoms with E-state index in [0.717, 1.165) is 12.3 Å². The van der Waals surface area contributed by atoms with Gasteiger partial charge in [-0.1, -0.05) is 41.5 Å². The molecule has 21 heavy (non-hydrogen) atoms. The second kappa shape index (κ2) is 6.77. The summed E-state index contributed by atoms with van der Waals surface area (Å²) in [6.07, 6.45) is 0. The van der Waals surface area contributed by atoms with Crippen LogP contribution in [0.1, 0.15) is 40.8 Å². The highest BCUT2D eigenvalue weighted by atomic mass is 16.5. The molecule has 2 aromatic carbocycles. The van der Waals surface area contributed by atoms with Gasteiger partial charge in [-0.05, 0) is 44.9 Å². The molecule has 0 saturated carbocycles. The minimum absolute atomic E-state index is 0.250. The van der Waals surface area contributed by atoms with Crippen LogP contribution >= 0.6 is 0 Å². The molecule has 2 rings (SSSR count). The van der Waals surface area contributed by atoms with Gasteiger partial charge in [-0.2, -0.15) is 0 Å². The van der Waals surface area contributed by atoms with Crippen LogP contribution in [-0.4, -0.2) is 7.11 Å². The molecule has 0 aliphatic heterocycles. The van der Waals surface area contributed by atoms with Gasteiger partial charge in [0.15, 0.2) is 0 Å². The highest BCUT2D eigenvalue weighted by Gasteiger charge is 2.11. The van der Waals surface area contributed by atoms with Gasteiger partial charge in [0, 0.05) is 18.2 Å². The van der Waals surface area contributed by atoms with Gasteiger partial charge in [0.05, 0.1) is 7.11 Å². The molecule has 1 N–H and O–H groups in total. The first-order chi connectivity index (χ1) is 10.0. The Kier molecular flexibility index (Phi) is 5.03. The Morgan fingerprint density at radius 3 is 2.38 bits per heavy atom. The normalized spacial score (nSPS) is 12.2. The number of nitrogens with one attached hydrogen (secondary N) is 1. The van der Waals surface area contributed by atoms with Crippen LogP contribution in [0.5, 0.6) is 5.75 Å². The zero-order chi connectivity index (χ0) is 15.4. The SMILES string of the molecule is COc1ccc(C)cc1C(C)NCc1cc(C)ccc1C. The van der Waals surface area contributed by atoms with Gasteiger partial charge in [-0.3, -0.25) is 0 Å². The molecule has 0 saturated heterocycles. The Morgan fingerprint density at radius 1 is 1.00 bits per heavy atom. The number of benzene rings is 2. The maximum absolute atomic E-state index is 5.48. The van der Waals surface area contributed by atoms with E-state index >= 15 is 0 Å². The molecular weight excluding hydrogens is 258 g/mol.